The minimum atomic E-state index is 0.879. The van der Waals surface area contributed by atoms with Gasteiger partial charge in [0.1, 0.15) is 0 Å². The summed E-state index contributed by atoms with van der Waals surface area (Å²) in [5.41, 5.74) is 2.23. The van der Waals surface area contributed by atoms with E-state index in [1.54, 1.807) is 0 Å². The third-order valence-electron chi connectivity index (χ3n) is 2.00. The van der Waals surface area contributed by atoms with Crippen LogP contribution in [0.15, 0.2) is 42.5 Å². The van der Waals surface area contributed by atoms with Gasteiger partial charge in [0, 0.05) is 11.3 Å². The fourth-order valence-electron chi connectivity index (χ4n) is 1.34. The topological polar surface area (TPSA) is 0 Å². The highest BCUT2D eigenvalue weighted by Crippen LogP contribution is 2.20. The Morgan fingerprint density at radius 2 is 2.23 bits per heavy atom. The van der Waals surface area contributed by atoms with Crippen LogP contribution in [0.3, 0.4) is 0 Å². The van der Waals surface area contributed by atoms with Gasteiger partial charge < -0.3 is 0 Å². The van der Waals surface area contributed by atoms with Crippen LogP contribution in [0.4, 0.5) is 0 Å². The summed E-state index contributed by atoms with van der Waals surface area (Å²) in [5, 5.41) is 0. The van der Waals surface area contributed by atoms with Gasteiger partial charge in [0.25, 0.3) is 0 Å². The Kier molecular flexibility index (Phi) is 2.37. The van der Waals surface area contributed by atoms with E-state index in [0.29, 0.717) is 0 Å². The lowest BCUT2D eigenvalue weighted by molar-refractivity contribution is 1.49. The molecule has 1 aromatic carbocycles. The van der Waals surface area contributed by atoms with Crippen LogP contribution >= 0.6 is 12.2 Å². The van der Waals surface area contributed by atoms with E-state index in [1.165, 1.54) is 0 Å². The predicted octanol–water partition coefficient (Wildman–Crippen LogP) is 3.20. The fourth-order valence-corrected chi connectivity index (χ4v) is 1.62. The van der Waals surface area contributed by atoms with Crippen LogP contribution in [-0.2, 0) is 0 Å². The predicted molar refractivity (Wildman–Crippen MR) is 59.6 cm³/mol. The van der Waals surface area contributed by atoms with Crippen molar-refractivity contribution >= 4 is 22.7 Å². The maximum Gasteiger partial charge on any atom is 0.0268 e. The van der Waals surface area contributed by atoms with Crippen molar-refractivity contribution in [3.63, 3.8) is 0 Å². The summed E-state index contributed by atoms with van der Waals surface area (Å²) in [7, 11) is 0. The molecule has 0 saturated carbocycles. The summed E-state index contributed by atoms with van der Waals surface area (Å²) in [6.45, 7) is 0. The first-order valence-electron chi connectivity index (χ1n) is 4.25. The van der Waals surface area contributed by atoms with E-state index in [2.05, 4.69) is 18.2 Å². The number of benzene rings is 1. The standard InChI is InChI=1S/C12H9S/c13-12-9-5-4-8-11(12)10-6-2-1-3-7-10/h1-6,8H,9H2. The van der Waals surface area contributed by atoms with E-state index in [0.717, 1.165) is 22.4 Å². The Balaban J connectivity index is 2.41. The molecule has 1 radical (unpaired) electrons. The van der Waals surface area contributed by atoms with Gasteiger partial charge in [-0.15, -0.1) is 0 Å². The first-order valence-corrected chi connectivity index (χ1v) is 4.66. The first kappa shape index (κ1) is 8.39. The molecule has 63 valence electrons. The minimum Gasteiger partial charge on any atom is -0.0839 e. The zero-order chi connectivity index (χ0) is 9.10. The third kappa shape index (κ3) is 1.76. The lowest BCUT2D eigenvalue weighted by Gasteiger charge is -2.09. The molecule has 0 atom stereocenters. The van der Waals surface area contributed by atoms with Crippen molar-refractivity contribution in [2.24, 2.45) is 0 Å². The summed E-state index contributed by atoms with van der Waals surface area (Å²) in [6.07, 6.45) is 7.06. The molecular weight excluding hydrogens is 176 g/mol. The first-order chi connectivity index (χ1) is 6.38. The van der Waals surface area contributed by atoms with Crippen LogP contribution in [-0.4, -0.2) is 4.86 Å². The summed E-state index contributed by atoms with van der Waals surface area (Å²) in [4.78, 5) is 1.00. The molecule has 0 aromatic heterocycles. The van der Waals surface area contributed by atoms with Gasteiger partial charge in [0.05, 0.1) is 0 Å². The minimum absolute atomic E-state index is 0.879. The normalized spacial score (nSPS) is 15.7. The third-order valence-corrected chi connectivity index (χ3v) is 2.39. The van der Waals surface area contributed by atoms with E-state index >= 15 is 0 Å². The van der Waals surface area contributed by atoms with Crippen LogP contribution in [0.5, 0.6) is 0 Å². The maximum atomic E-state index is 5.27. The number of rotatable bonds is 1. The van der Waals surface area contributed by atoms with Gasteiger partial charge in [-0.1, -0.05) is 54.7 Å². The van der Waals surface area contributed by atoms with Gasteiger partial charge in [0.15, 0.2) is 0 Å². The van der Waals surface area contributed by atoms with Crippen molar-refractivity contribution in [3.8, 4) is 0 Å². The van der Waals surface area contributed by atoms with E-state index in [9.17, 15) is 0 Å². The molecule has 0 unspecified atom stereocenters. The van der Waals surface area contributed by atoms with Crippen LogP contribution in [0.25, 0.3) is 5.57 Å². The Hall–Kier alpha value is -1.21. The Bertz CT molecular complexity index is 371. The van der Waals surface area contributed by atoms with Crippen molar-refractivity contribution < 1.29 is 0 Å². The van der Waals surface area contributed by atoms with Gasteiger partial charge >= 0.3 is 0 Å². The Labute approximate surface area is 83.6 Å². The SMILES string of the molecule is S=C1CC=CC=C1c1[c]cccc1. The quantitative estimate of drug-likeness (QED) is 0.605. The molecule has 0 nitrogen and oxygen atoms in total. The van der Waals surface area contributed by atoms with Gasteiger partial charge in [-0.05, 0) is 17.2 Å². The molecule has 0 fully saturated rings. The lowest BCUT2D eigenvalue weighted by Crippen LogP contribution is -2.00. The van der Waals surface area contributed by atoms with E-state index in [-0.39, 0.29) is 0 Å². The molecule has 1 aromatic rings. The highest BCUT2D eigenvalue weighted by molar-refractivity contribution is 7.81. The molecular formula is C12H9S. The molecule has 1 aliphatic carbocycles. The summed E-state index contributed by atoms with van der Waals surface area (Å²) in [5.74, 6) is 0. The highest BCUT2D eigenvalue weighted by Gasteiger charge is 2.07. The fraction of sp³-hybridized carbons (Fsp3) is 0.0833. The molecule has 1 aliphatic rings. The smallest absolute Gasteiger partial charge is 0.0268 e. The second-order valence-electron chi connectivity index (χ2n) is 2.91. The van der Waals surface area contributed by atoms with Crippen molar-refractivity contribution in [1.82, 2.24) is 0 Å². The lowest BCUT2D eigenvalue weighted by atomic mass is 9.97. The largest absolute Gasteiger partial charge is 0.0839 e. The average Bonchev–Trinajstić information content (AvgIpc) is 2.20. The molecule has 0 spiro atoms. The van der Waals surface area contributed by atoms with Crippen LogP contribution in [0.1, 0.15) is 12.0 Å². The van der Waals surface area contributed by atoms with Crippen LogP contribution in [0, 0.1) is 6.07 Å². The second-order valence-corrected chi connectivity index (χ2v) is 3.40. The zero-order valence-electron chi connectivity index (χ0n) is 7.16. The molecule has 0 N–H and O–H groups in total. The van der Waals surface area contributed by atoms with Crippen molar-refractivity contribution in [2.45, 2.75) is 6.42 Å². The average molecular weight is 185 g/mol. The van der Waals surface area contributed by atoms with Gasteiger partial charge in [-0.2, -0.15) is 0 Å². The number of thiocarbonyl (C=S) groups is 1. The molecule has 0 heterocycles. The van der Waals surface area contributed by atoms with Crippen molar-refractivity contribution in [2.75, 3.05) is 0 Å². The van der Waals surface area contributed by atoms with E-state index < -0.39 is 0 Å². The van der Waals surface area contributed by atoms with Gasteiger partial charge in [0.2, 0.25) is 0 Å². The Morgan fingerprint density at radius 3 is 2.92 bits per heavy atom. The molecule has 2 rings (SSSR count). The van der Waals surface area contributed by atoms with Crippen LogP contribution in [0.2, 0.25) is 0 Å². The van der Waals surface area contributed by atoms with E-state index in [4.69, 9.17) is 12.2 Å². The highest BCUT2D eigenvalue weighted by atomic mass is 32.1. The zero-order valence-corrected chi connectivity index (χ0v) is 7.97. The molecule has 13 heavy (non-hydrogen) atoms. The molecule has 1 heteroatoms. The summed E-state index contributed by atoms with van der Waals surface area (Å²) in [6, 6.07) is 11.1. The number of hydrogen-bond donors (Lipinski definition) is 0. The molecule has 0 saturated heterocycles. The van der Waals surface area contributed by atoms with Crippen molar-refractivity contribution in [3.05, 3.63) is 54.1 Å². The van der Waals surface area contributed by atoms with Crippen molar-refractivity contribution in [1.29, 1.82) is 0 Å². The second kappa shape index (κ2) is 3.67. The Morgan fingerprint density at radius 1 is 1.31 bits per heavy atom. The number of hydrogen-bond acceptors (Lipinski definition) is 1. The maximum absolute atomic E-state index is 5.27. The van der Waals surface area contributed by atoms with Crippen LogP contribution < -0.4 is 0 Å². The van der Waals surface area contributed by atoms with E-state index in [1.807, 2.05) is 30.3 Å². The van der Waals surface area contributed by atoms with Gasteiger partial charge in [-0.25, -0.2) is 0 Å². The summed E-state index contributed by atoms with van der Waals surface area (Å²) >= 11 is 5.27. The molecule has 0 bridgehead atoms. The monoisotopic (exact) mass is 185 g/mol. The summed E-state index contributed by atoms with van der Waals surface area (Å²) < 4.78 is 0. The van der Waals surface area contributed by atoms with Gasteiger partial charge in [-0.3, -0.25) is 0 Å². The number of allylic oxidation sites excluding steroid dienone is 4. The molecule has 0 amide bonds. The molecule has 0 aliphatic heterocycles.